The van der Waals surface area contributed by atoms with Gasteiger partial charge in [0.05, 0.1) is 25.6 Å². The summed E-state index contributed by atoms with van der Waals surface area (Å²) in [6.07, 6.45) is 7.28. The minimum atomic E-state index is -3.22. The second kappa shape index (κ2) is 10.4. The average molecular weight is 445 g/mol. The summed E-state index contributed by atoms with van der Waals surface area (Å²) < 4.78 is 38.0. The maximum atomic E-state index is 11.6. The molecule has 0 unspecified atom stereocenters. The van der Waals surface area contributed by atoms with E-state index in [9.17, 15) is 8.42 Å². The smallest absolute Gasteiger partial charge is 0.209 e. The van der Waals surface area contributed by atoms with E-state index < -0.39 is 10.0 Å². The minimum absolute atomic E-state index is 0.0219. The standard InChI is InChI=1S/C21H33ClN2O4S/c1-3-27-21-11-8-16(22)13-18(21)15-6-9-17(10-7-15)28-14-20-19(5-4-12-23-20)24-29(2,25)26/h8,11,13,15,17,19-20,23-24H,3-7,9-10,12,14H2,1-2H3/t15?,17?,19-,20-/m0/s1. The Labute approximate surface area is 179 Å². The van der Waals surface area contributed by atoms with Crippen molar-refractivity contribution in [2.75, 3.05) is 26.0 Å². The summed E-state index contributed by atoms with van der Waals surface area (Å²) in [7, 11) is -3.22. The Balaban J connectivity index is 1.52. The number of hydrogen-bond donors (Lipinski definition) is 2. The van der Waals surface area contributed by atoms with Gasteiger partial charge in [-0.3, -0.25) is 0 Å². The first-order valence-corrected chi connectivity index (χ1v) is 12.9. The number of rotatable bonds is 8. The maximum absolute atomic E-state index is 11.6. The SMILES string of the molecule is CCOc1ccc(Cl)cc1C1CCC(OC[C@@H]2NCCC[C@@H]2NS(C)(=O)=O)CC1. The van der Waals surface area contributed by atoms with Crippen LogP contribution in [0, 0.1) is 0 Å². The number of sulfonamides is 1. The summed E-state index contributed by atoms with van der Waals surface area (Å²) in [5.41, 5.74) is 1.20. The van der Waals surface area contributed by atoms with Crippen LogP contribution in [0.3, 0.4) is 0 Å². The quantitative estimate of drug-likeness (QED) is 0.642. The molecule has 2 fully saturated rings. The third kappa shape index (κ3) is 6.82. The maximum Gasteiger partial charge on any atom is 0.209 e. The van der Waals surface area contributed by atoms with Gasteiger partial charge >= 0.3 is 0 Å². The molecule has 2 N–H and O–H groups in total. The van der Waals surface area contributed by atoms with Gasteiger partial charge in [0, 0.05) is 17.1 Å². The van der Waals surface area contributed by atoms with E-state index >= 15 is 0 Å². The van der Waals surface area contributed by atoms with Crippen molar-refractivity contribution < 1.29 is 17.9 Å². The van der Waals surface area contributed by atoms with Crippen LogP contribution in [0.2, 0.25) is 5.02 Å². The second-order valence-electron chi connectivity index (χ2n) is 8.12. The van der Waals surface area contributed by atoms with Crippen LogP contribution in [0.25, 0.3) is 0 Å². The molecule has 3 rings (SSSR count). The van der Waals surface area contributed by atoms with Crippen LogP contribution in [0.1, 0.15) is 56.9 Å². The topological polar surface area (TPSA) is 76.7 Å². The van der Waals surface area contributed by atoms with Crippen molar-refractivity contribution in [2.24, 2.45) is 0 Å². The first-order chi connectivity index (χ1) is 13.9. The summed E-state index contributed by atoms with van der Waals surface area (Å²) in [6.45, 7) is 4.07. The summed E-state index contributed by atoms with van der Waals surface area (Å²) >= 11 is 6.22. The molecular formula is C21H33ClN2O4S. The zero-order valence-electron chi connectivity index (χ0n) is 17.3. The van der Waals surface area contributed by atoms with Gasteiger partial charge < -0.3 is 14.8 Å². The van der Waals surface area contributed by atoms with E-state index in [1.165, 1.54) is 11.8 Å². The van der Waals surface area contributed by atoms with Crippen LogP contribution in [-0.4, -0.2) is 52.6 Å². The summed E-state index contributed by atoms with van der Waals surface area (Å²) in [5, 5.41) is 4.16. The number of hydrogen-bond acceptors (Lipinski definition) is 5. The summed E-state index contributed by atoms with van der Waals surface area (Å²) in [4.78, 5) is 0. The highest BCUT2D eigenvalue weighted by Gasteiger charge is 2.30. The van der Waals surface area contributed by atoms with Gasteiger partial charge in [-0.15, -0.1) is 0 Å². The van der Waals surface area contributed by atoms with Gasteiger partial charge in [0.2, 0.25) is 10.0 Å². The lowest BCUT2D eigenvalue weighted by molar-refractivity contribution is 0.00511. The lowest BCUT2D eigenvalue weighted by atomic mass is 9.82. The number of nitrogens with one attached hydrogen (secondary N) is 2. The van der Waals surface area contributed by atoms with Gasteiger partial charge in [0.15, 0.2) is 0 Å². The molecule has 1 saturated carbocycles. The highest BCUT2D eigenvalue weighted by molar-refractivity contribution is 7.88. The number of piperidine rings is 1. The minimum Gasteiger partial charge on any atom is -0.494 e. The molecule has 2 atom stereocenters. The molecule has 1 heterocycles. The largest absolute Gasteiger partial charge is 0.494 e. The highest BCUT2D eigenvalue weighted by Crippen LogP contribution is 2.39. The van der Waals surface area contributed by atoms with Crippen LogP contribution in [0.5, 0.6) is 5.75 Å². The highest BCUT2D eigenvalue weighted by atomic mass is 35.5. The van der Waals surface area contributed by atoms with Crippen LogP contribution in [-0.2, 0) is 14.8 Å². The van der Waals surface area contributed by atoms with Crippen molar-refractivity contribution >= 4 is 21.6 Å². The van der Waals surface area contributed by atoms with Gasteiger partial charge in [-0.05, 0) is 81.7 Å². The van der Waals surface area contributed by atoms with Crippen molar-refractivity contribution in [3.8, 4) is 5.75 Å². The van der Waals surface area contributed by atoms with Crippen molar-refractivity contribution in [2.45, 2.75) is 69.6 Å². The summed E-state index contributed by atoms with van der Waals surface area (Å²) in [5.74, 6) is 1.37. The third-order valence-corrected chi connectivity index (χ3v) is 6.81. The van der Waals surface area contributed by atoms with Gasteiger partial charge in [0.1, 0.15) is 5.75 Å². The van der Waals surface area contributed by atoms with Crippen molar-refractivity contribution in [3.05, 3.63) is 28.8 Å². The van der Waals surface area contributed by atoms with Gasteiger partial charge in [0.25, 0.3) is 0 Å². The Bertz CT molecular complexity index is 766. The van der Waals surface area contributed by atoms with E-state index in [0.717, 1.165) is 55.8 Å². The van der Waals surface area contributed by atoms with E-state index in [1.807, 2.05) is 25.1 Å². The molecule has 29 heavy (non-hydrogen) atoms. The molecule has 1 aliphatic carbocycles. The fraction of sp³-hybridized carbons (Fsp3) is 0.714. The number of halogens is 1. The molecule has 0 amide bonds. The average Bonchev–Trinajstić information content (AvgIpc) is 2.68. The fourth-order valence-electron chi connectivity index (χ4n) is 4.45. The first kappa shape index (κ1) is 22.8. The van der Waals surface area contributed by atoms with Crippen LogP contribution < -0.4 is 14.8 Å². The Kier molecular flexibility index (Phi) is 8.22. The Morgan fingerprint density at radius 2 is 1.97 bits per heavy atom. The van der Waals surface area contributed by atoms with E-state index in [1.54, 1.807) is 0 Å². The molecule has 0 aromatic heterocycles. The molecule has 2 aliphatic rings. The summed E-state index contributed by atoms with van der Waals surface area (Å²) in [6, 6.07) is 5.80. The third-order valence-electron chi connectivity index (χ3n) is 5.85. The Morgan fingerprint density at radius 1 is 1.21 bits per heavy atom. The second-order valence-corrected chi connectivity index (χ2v) is 10.3. The van der Waals surface area contributed by atoms with E-state index in [4.69, 9.17) is 21.1 Å². The van der Waals surface area contributed by atoms with E-state index in [0.29, 0.717) is 19.1 Å². The molecule has 164 valence electrons. The zero-order chi connectivity index (χ0) is 20.9. The molecular weight excluding hydrogens is 412 g/mol. The molecule has 0 spiro atoms. The lowest BCUT2D eigenvalue weighted by Gasteiger charge is -2.35. The number of ether oxygens (including phenoxy) is 2. The fourth-order valence-corrected chi connectivity index (χ4v) is 5.46. The van der Waals surface area contributed by atoms with Gasteiger partial charge in [-0.2, -0.15) is 0 Å². The Morgan fingerprint density at radius 3 is 2.66 bits per heavy atom. The van der Waals surface area contributed by atoms with Crippen molar-refractivity contribution in [3.63, 3.8) is 0 Å². The number of benzene rings is 1. The van der Waals surface area contributed by atoms with Gasteiger partial charge in [-0.1, -0.05) is 11.6 Å². The van der Waals surface area contributed by atoms with E-state index in [2.05, 4.69) is 10.0 Å². The first-order valence-electron chi connectivity index (χ1n) is 10.6. The zero-order valence-corrected chi connectivity index (χ0v) is 18.9. The molecule has 1 aromatic rings. The van der Waals surface area contributed by atoms with Crippen molar-refractivity contribution in [1.29, 1.82) is 0 Å². The molecule has 8 heteroatoms. The van der Waals surface area contributed by atoms with Gasteiger partial charge in [-0.25, -0.2) is 13.1 Å². The molecule has 6 nitrogen and oxygen atoms in total. The molecule has 0 radical (unpaired) electrons. The molecule has 1 saturated heterocycles. The van der Waals surface area contributed by atoms with Crippen LogP contribution in [0.4, 0.5) is 0 Å². The lowest BCUT2D eigenvalue weighted by Crippen LogP contribution is -2.55. The molecule has 0 bridgehead atoms. The predicted molar refractivity (Wildman–Crippen MR) is 116 cm³/mol. The normalized spacial score (nSPS) is 28.2. The molecule has 1 aromatic carbocycles. The molecule has 1 aliphatic heterocycles. The van der Waals surface area contributed by atoms with Crippen LogP contribution >= 0.6 is 11.6 Å². The van der Waals surface area contributed by atoms with E-state index in [-0.39, 0.29) is 18.2 Å². The Hall–Kier alpha value is -0.860. The van der Waals surface area contributed by atoms with Crippen molar-refractivity contribution in [1.82, 2.24) is 10.0 Å². The predicted octanol–water partition coefficient (Wildman–Crippen LogP) is 3.45. The van der Waals surface area contributed by atoms with Crippen LogP contribution in [0.15, 0.2) is 18.2 Å². The monoisotopic (exact) mass is 444 g/mol.